The van der Waals surface area contributed by atoms with Crippen molar-refractivity contribution >= 4 is 0 Å². The van der Waals surface area contributed by atoms with Gasteiger partial charge >= 0.3 is 0 Å². The van der Waals surface area contributed by atoms with E-state index in [2.05, 4.69) is 12.2 Å². The van der Waals surface area contributed by atoms with E-state index in [-0.39, 0.29) is 0 Å². The molecule has 0 aromatic carbocycles. The summed E-state index contributed by atoms with van der Waals surface area (Å²) in [7, 11) is 0. The first kappa shape index (κ1) is 5.83. The van der Waals surface area contributed by atoms with Crippen molar-refractivity contribution in [3.8, 4) is 0 Å². The van der Waals surface area contributed by atoms with Gasteiger partial charge < -0.3 is 4.74 Å². The molecular weight excluding hydrogens is 100 g/mol. The molecule has 0 amide bonds. The molecule has 1 aliphatic rings. The molecule has 0 bridgehead atoms. The van der Waals surface area contributed by atoms with Gasteiger partial charge in [0.25, 0.3) is 0 Å². The van der Waals surface area contributed by atoms with Crippen LogP contribution in [0, 0.1) is 0 Å². The van der Waals surface area contributed by atoms with Crippen LogP contribution in [0.4, 0.5) is 0 Å². The molecular formula is C7H12O. The molecule has 0 aromatic rings. The van der Waals surface area contributed by atoms with Gasteiger partial charge in [0.1, 0.15) is 0 Å². The SMILES string of the molecule is C/C=C/[C@H]1CCCO1. The normalized spacial score (nSPS) is 29.9. The van der Waals surface area contributed by atoms with Crippen molar-refractivity contribution < 1.29 is 4.74 Å². The summed E-state index contributed by atoms with van der Waals surface area (Å²) < 4.78 is 5.31. The fourth-order valence-corrected chi connectivity index (χ4v) is 0.969. The highest BCUT2D eigenvalue weighted by Crippen LogP contribution is 2.12. The summed E-state index contributed by atoms with van der Waals surface area (Å²) >= 11 is 0. The quantitative estimate of drug-likeness (QED) is 0.469. The van der Waals surface area contributed by atoms with E-state index < -0.39 is 0 Å². The van der Waals surface area contributed by atoms with Crippen LogP contribution < -0.4 is 0 Å². The molecule has 1 nitrogen and oxygen atoms in total. The standard InChI is InChI=1S/C7H12O/c1-2-4-7-5-3-6-8-7/h2,4,7H,3,5-6H2,1H3/b4-2+/t7-/m0/s1. The highest BCUT2D eigenvalue weighted by molar-refractivity contribution is 4.88. The van der Waals surface area contributed by atoms with Crippen LogP contribution in [-0.2, 0) is 4.74 Å². The summed E-state index contributed by atoms with van der Waals surface area (Å²) in [5.41, 5.74) is 0. The lowest BCUT2D eigenvalue weighted by Gasteiger charge is -1.98. The third-order valence-electron chi connectivity index (χ3n) is 1.37. The van der Waals surface area contributed by atoms with E-state index in [1.54, 1.807) is 0 Å². The number of hydrogen-bond acceptors (Lipinski definition) is 1. The van der Waals surface area contributed by atoms with Crippen molar-refractivity contribution in [3.63, 3.8) is 0 Å². The third-order valence-corrected chi connectivity index (χ3v) is 1.37. The van der Waals surface area contributed by atoms with Gasteiger partial charge in [-0.1, -0.05) is 12.2 Å². The number of ether oxygens (including phenoxy) is 1. The van der Waals surface area contributed by atoms with Crippen LogP contribution in [-0.4, -0.2) is 12.7 Å². The summed E-state index contributed by atoms with van der Waals surface area (Å²) in [4.78, 5) is 0. The highest BCUT2D eigenvalue weighted by atomic mass is 16.5. The summed E-state index contributed by atoms with van der Waals surface area (Å²) in [5.74, 6) is 0. The van der Waals surface area contributed by atoms with Crippen molar-refractivity contribution in [1.82, 2.24) is 0 Å². The average molecular weight is 112 g/mol. The van der Waals surface area contributed by atoms with Crippen LogP contribution in [0.1, 0.15) is 19.8 Å². The Morgan fingerprint density at radius 3 is 3.00 bits per heavy atom. The maximum Gasteiger partial charge on any atom is 0.0756 e. The van der Waals surface area contributed by atoms with Gasteiger partial charge in [0.2, 0.25) is 0 Å². The minimum atomic E-state index is 0.431. The van der Waals surface area contributed by atoms with Gasteiger partial charge in [0.15, 0.2) is 0 Å². The molecule has 1 aliphatic heterocycles. The summed E-state index contributed by atoms with van der Waals surface area (Å²) in [6.45, 7) is 2.98. The van der Waals surface area contributed by atoms with Crippen molar-refractivity contribution in [2.45, 2.75) is 25.9 Å². The fraction of sp³-hybridized carbons (Fsp3) is 0.714. The molecule has 1 heterocycles. The van der Waals surface area contributed by atoms with Crippen LogP contribution in [0.2, 0.25) is 0 Å². The topological polar surface area (TPSA) is 9.23 Å². The van der Waals surface area contributed by atoms with Gasteiger partial charge in [-0.3, -0.25) is 0 Å². The second-order valence-corrected chi connectivity index (χ2v) is 2.08. The predicted molar refractivity (Wildman–Crippen MR) is 33.8 cm³/mol. The smallest absolute Gasteiger partial charge is 0.0756 e. The Hall–Kier alpha value is -0.300. The van der Waals surface area contributed by atoms with Gasteiger partial charge in [-0.15, -0.1) is 0 Å². The lowest BCUT2D eigenvalue weighted by Crippen LogP contribution is -1.97. The van der Waals surface area contributed by atoms with Gasteiger partial charge in [-0.2, -0.15) is 0 Å². The van der Waals surface area contributed by atoms with E-state index in [0.717, 1.165) is 6.61 Å². The zero-order valence-corrected chi connectivity index (χ0v) is 5.26. The Balaban J connectivity index is 2.24. The van der Waals surface area contributed by atoms with Crippen molar-refractivity contribution in [1.29, 1.82) is 0 Å². The molecule has 1 fully saturated rings. The maximum atomic E-state index is 5.31. The van der Waals surface area contributed by atoms with E-state index in [0.29, 0.717) is 6.10 Å². The average Bonchev–Trinajstić information content (AvgIpc) is 2.19. The predicted octanol–water partition coefficient (Wildman–Crippen LogP) is 1.74. The molecule has 0 unspecified atom stereocenters. The Morgan fingerprint density at radius 1 is 1.62 bits per heavy atom. The van der Waals surface area contributed by atoms with Crippen molar-refractivity contribution in [2.24, 2.45) is 0 Å². The van der Waals surface area contributed by atoms with Gasteiger partial charge in [-0.05, 0) is 19.8 Å². The van der Waals surface area contributed by atoms with Gasteiger partial charge in [0, 0.05) is 6.61 Å². The summed E-state index contributed by atoms with van der Waals surface area (Å²) in [6.07, 6.45) is 7.04. The second-order valence-electron chi connectivity index (χ2n) is 2.08. The highest BCUT2D eigenvalue weighted by Gasteiger charge is 2.10. The van der Waals surface area contributed by atoms with Gasteiger partial charge in [-0.25, -0.2) is 0 Å². The molecule has 0 aliphatic carbocycles. The molecule has 46 valence electrons. The van der Waals surface area contributed by atoms with E-state index >= 15 is 0 Å². The molecule has 0 radical (unpaired) electrons. The van der Waals surface area contributed by atoms with Crippen LogP contribution in [0.5, 0.6) is 0 Å². The first-order valence-corrected chi connectivity index (χ1v) is 3.18. The number of rotatable bonds is 1. The van der Waals surface area contributed by atoms with E-state index in [4.69, 9.17) is 4.74 Å². The first-order chi connectivity index (χ1) is 3.93. The maximum absolute atomic E-state index is 5.31. The molecule has 0 aromatic heterocycles. The monoisotopic (exact) mass is 112 g/mol. The van der Waals surface area contributed by atoms with Crippen LogP contribution in [0.25, 0.3) is 0 Å². The first-order valence-electron chi connectivity index (χ1n) is 3.18. The zero-order valence-electron chi connectivity index (χ0n) is 5.26. The number of hydrogen-bond donors (Lipinski definition) is 0. The molecule has 1 rings (SSSR count). The van der Waals surface area contributed by atoms with Crippen LogP contribution in [0.15, 0.2) is 12.2 Å². The lowest BCUT2D eigenvalue weighted by atomic mass is 10.2. The lowest BCUT2D eigenvalue weighted by molar-refractivity contribution is 0.145. The van der Waals surface area contributed by atoms with Crippen molar-refractivity contribution in [3.05, 3.63) is 12.2 Å². The molecule has 1 saturated heterocycles. The molecule has 0 saturated carbocycles. The van der Waals surface area contributed by atoms with Gasteiger partial charge in [0.05, 0.1) is 6.10 Å². The number of allylic oxidation sites excluding steroid dienone is 1. The molecule has 0 N–H and O–H groups in total. The molecule has 0 spiro atoms. The third kappa shape index (κ3) is 1.34. The molecule has 8 heavy (non-hydrogen) atoms. The largest absolute Gasteiger partial charge is 0.374 e. The minimum Gasteiger partial charge on any atom is -0.374 e. The Kier molecular flexibility index (Phi) is 2.10. The van der Waals surface area contributed by atoms with E-state index in [1.807, 2.05) is 6.92 Å². The fourth-order valence-electron chi connectivity index (χ4n) is 0.969. The summed E-state index contributed by atoms with van der Waals surface area (Å²) in [5, 5.41) is 0. The zero-order chi connectivity index (χ0) is 5.82. The molecule has 1 atom stereocenters. The Labute approximate surface area is 50.3 Å². The van der Waals surface area contributed by atoms with E-state index in [9.17, 15) is 0 Å². The van der Waals surface area contributed by atoms with Crippen molar-refractivity contribution in [2.75, 3.05) is 6.61 Å². The van der Waals surface area contributed by atoms with Crippen LogP contribution in [0.3, 0.4) is 0 Å². The Morgan fingerprint density at radius 2 is 2.50 bits per heavy atom. The Bertz CT molecular complexity index is 80.4. The summed E-state index contributed by atoms with van der Waals surface area (Å²) in [6, 6.07) is 0. The molecule has 1 heteroatoms. The second kappa shape index (κ2) is 2.88. The van der Waals surface area contributed by atoms with E-state index in [1.165, 1.54) is 12.8 Å². The van der Waals surface area contributed by atoms with Crippen LogP contribution >= 0.6 is 0 Å². The minimum absolute atomic E-state index is 0.431.